The molecule has 2 fully saturated rings. The van der Waals surface area contributed by atoms with Gasteiger partial charge in [-0.05, 0) is 19.1 Å². The molecule has 4 rings (SSSR count). The lowest BCUT2D eigenvalue weighted by molar-refractivity contribution is -0.139. The summed E-state index contributed by atoms with van der Waals surface area (Å²) in [7, 11) is 0. The zero-order valence-electron chi connectivity index (χ0n) is 16.0. The summed E-state index contributed by atoms with van der Waals surface area (Å²) in [5.41, 5.74) is 1.86. The zero-order chi connectivity index (χ0) is 19.7. The van der Waals surface area contributed by atoms with Gasteiger partial charge < -0.3 is 14.6 Å². The van der Waals surface area contributed by atoms with E-state index in [0.29, 0.717) is 39.1 Å². The molecular formula is C20H26F2N4O2. The Balaban J connectivity index is 1.27. The molecule has 1 aromatic carbocycles. The Bertz CT molecular complexity index is 801. The van der Waals surface area contributed by atoms with E-state index in [1.165, 1.54) is 0 Å². The molecule has 152 valence electrons. The Kier molecular flexibility index (Phi) is 5.33. The van der Waals surface area contributed by atoms with Crippen molar-refractivity contribution in [3.8, 4) is 0 Å². The van der Waals surface area contributed by atoms with E-state index in [2.05, 4.69) is 9.97 Å². The lowest BCUT2D eigenvalue weighted by atomic mass is 10.0. The minimum Gasteiger partial charge on any atom is -0.380 e. The molecule has 1 aromatic heterocycles. The summed E-state index contributed by atoms with van der Waals surface area (Å²) in [6, 6.07) is 7.48. The number of ether oxygens (including phenoxy) is 1. The summed E-state index contributed by atoms with van der Waals surface area (Å²) in [5, 5.41) is 0. The molecule has 6 nitrogen and oxygen atoms in total. The monoisotopic (exact) mass is 392 g/mol. The van der Waals surface area contributed by atoms with Crippen molar-refractivity contribution in [1.29, 1.82) is 0 Å². The van der Waals surface area contributed by atoms with Crippen LogP contribution in [0.15, 0.2) is 24.3 Å². The van der Waals surface area contributed by atoms with Crippen molar-refractivity contribution in [3.05, 3.63) is 30.1 Å². The number of aromatic amines is 1. The van der Waals surface area contributed by atoms with Gasteiger partial charge in [-0.3, -0.25) is 9.69 Å². The first-order valence-electron chi connectivity index (χ1n) is 9.88. The lowest BCUT2D eigenvalue weighted by Crippen LogP contribution is -2.62. The third-order valence-corrected chi connectivity index (χ3v) is 5.63. The topological polar surface area (TPSA) is 61.5 Å². The van der Waals surface area contributed by atoms with Gasteiger partial charge in [-0.2, -0.15) is 0 Å². The molecule has 2 aliphatic rings. The van der Waals surface area contributed by atoms with Gasteiger partial charge in [0.15, 0.2) is 0 Å². The largest absolute Gasteiger partial charge is 0.380 e. The number of benzene rings is 1. The van der Waals surface area contributed by atoms with Gasteiger partial charge in [0, 0.05) is 51.0 Å². The van der Waals surface area contributed by atoms with Crippen molar-refractivity contribution in [1.82, 2.24) is 19.8 Å². The second kappa shape index (κ2) is 7.75. The number of fused-ring (bicyclic) bond motifs is 1. The predicted molar refractivity (Wildman–Crippen MR) is 101 cm³/mol. The number of carbonyl (C=O) groups is 1. The fraction of sp³-hybridized carbons (Fsp3) is 0.600. The number of aromatic nitrogens is 2. The number of aryl methyl sites for hydroxylation is 1. The van der Waals surface area contributed by atoms with Gasteiger partial charge in [-0.25, -0.2) is 13.8 Å². The minimum atomic E-state index is -2.67. The normalized spacial score (nSPS) is 22.7. The highest BCUT2D eigenvalue weighted by molar-refractivity contribution is 5.78. The molecule has 28 heavy (non-hydrogen) atoms. The standard InChI is InChI=1S/C20H26F2N4O2/c1-2-28-12-14-9-20(21,22)13-26(14)15-10-25(11-15)19(27)8-7-18-23-16-5-3-4-6-17(16)24-18/h3-6,14-15H,2,7-13H2,1H3,(H,23,24)/t14-/m0/s1. The molecule has 0 radical (unpaired) electrons. The number of likely N-dealkylation sites (tertiary alicyclic amines) is 2. The molecular weight excluding hydrogens is 366 g/mol. The van der Waals surface area contributed by atoms with Crippen molar-refractivity contribution >= 4 is 16.9 Å². The van der Waals surface area contributed by atoms with Crippen molar-refractivity contribution < 1.29 is 18.3 Å². The first-order chi connectivity index (χ1) is 13.4. The summed E-state index contributed by atoms with van der Waals surface area (Å²) >= 11 is 0. The van der Waals surface area contributed by atoms with Gasteiger partial charge in [-0.1, -0.05) is 12.1 Å². The predicted octanol–water partition coefficient (Wildman–Crippen LogP) is 2.45. The van der Waals surface area contributed by atoms with E-state index in [9.17, 15) is 13.6 Å². The molecule has 0 bridgehead atoms. The number of para-hydroxylation sites is 2. The minimum absolute atomic E-state index is 0.00557. The van der Waals surface area contributed by atoms with Crippen molar-refractivity contribution in [3.63, 3.8) is 0 Å². The molecule has 1 atom stereocenters. The maximum atomic E-state index is 13.9. The average Bonchev–Trinajstić information content (AvgIpc) is 3.16. The number of imidazole rings is 1. The number of H-pyrrole nitrogens is 1. The molecule has 2 aromatic rings. The number of rotatable bonds is 7. The Morgan fingerprint density at radius 1 is 1.36 bits per heavy atom. The summed E-state index contributed by atoms with van der Waals surface area (Å²) in [6.07, 6.45) is 0.748. The second-order valence-corrected chi connectivity index (χ2v) is 7.70. The molecule has 0 unspecified atom stereocenters. The second-order valence-electron chi connectivity index (χ2n) is 7.70. The smallest absolute Gasteiger partial charge is 0.262 e. The fourth-order valence-electron chi connectivity index (χ4n) is 4.13. The first-order valence-corrected chi connectivity index (χ1v) is 9.88. The van der Waals surface area contributed by atoms with Crippen molar-refractivity contribution in [2.24, 2.45) is 0 Å². The molecule has 3 heterocycles. The van der Waals surface area contributed by atoms with Crippen LogP contribution in [0.2, 0.25) is 0 Å². The van der Waals surface area contributed by atoms with E-state index < -0.39 is 5.92 Å². The van der Waals surface area contributed by atoms with Crippen LogP contribution >= 0.6 is 0 Å². The van der Waals surface area contributed by atoms with Crippen LogP contribution in [0.3, 0.4) is 0 Å². The molecule has 2 saturated heterocycles. The zero-order valence-corrected chi connectivity index (χ0v) is 16.0. The lowest BCUT2D eigenvalue weighted by Gasteiger charge is -2.46. The number of carbonyl (C=O) groups excluding carboxylic acids is 1. The van der Waals surface area contributed by atoms with E-state index in [1.54, 1.807) is 4.90 Å². The van der Waals surface area contributed by atoms with E-state index in [-0.39, 0.29) is 31.0 Å². The summed E-state index contributed by atoms with van der Waals surface area (Å²) in [6.45, 7) is 3.49. The molecule has 1 N–H and O–H groups in total. The number of halogens is 2. The number of amides is 1. The van der Waals surface area contributed by atoms with E-state index >= 15 is 0 Å². The highest BCUT2D eigenvalue weighted by Crippen LogP contribution is 2.35. The Labute approximate surface area is 162 Å². The number of hydrogen-bond donors (Lipinski definition) is 1. The third-order valence-electron chi connectivity index (χ3n) is 5.63. The third kappa shape index (κ3) is 4.03. The van der Waals surface area contributed by atoms with Crippen LogP contribution in [0.1, 0.15) is 25.6 Å². The summed E-state index contributed by atoms with van der Waals surface area (Å²) < 4.78 is 33.1. The number of nitrogens with one attached hydrogen (secondary N) is 1. The maximum absolute atomic E-state index is 13.9. The van der Waals surface area contributed by atoms with Crippen LogP contribution in [-0.4, -0.2) is 76.5 Å². The van der Waals surface area contributed by atoms with Gasteiger partial charge in [0.05, 0.1) is 24.2 Å². The van der Waals surface area contributed by atoms with E-state index in [4.69, 9.17) is 4.74 Å². The Morgan fingerprint density at radius 3 is 2.89 bits per heavy atom. The number of hydrogen-bond acceptors (Lipinski definition) is 4. The SMILES string of the molecule is CCOC[C@@H]1CC(F)(F)CN1C1CN(C(=O)CCc2nc3ccccc3[nH]2)C1. The van der Waals surface area contributed by atoms with Crippen LogP contribution in [0.5, 0.6) is 0 Å². The highest BCUT2D eigenvalue weighted by Gasteiger charge is 2.50. The van der Waals surface area contributed by atoms with Crippen molar-refractivity contribution in [2.45, 2.75) is 44.2 Å². The molecule has 8 heteroatoms. The van der Waals surface area contributed by atoms with Crippen LogP contribution in [0.4, 0.5) is 8.78 Å². The van der Waals surface area contributed by atoms with Gasteiger partial charge in [0.2, 0.25) is 5.91 Å². The van der Waals surface area contributed by atoms with Gasteiger partial charge in [0.25, 0.3) is 5.92 Å². The van der Waals surface area contributed by atoms with Gasteiger partial charge in [0.1, 0.15) is 5.82 Å². The Morgan fingerprint density at radius 2 is 2.14 bits per heavy atom. The quantitative estimate of drug-likeness (QED) is 0.786. The van der Waals surface area contributed by atoms with E-state index in [1.807, 2.05) is 36.1 Å². The Hall–Kier alpha value is -2.06. The van der Waals surface area contributed by atoms with Gasteiger partial charge >= 0.3 is 0 Å². The molecule has 0 spiro atoms. The van der Waals surface area contributed by atoms with Crippen LogP contribution in [0, 0.1) is 0 Å². The molecule has 2 aliphatic heterocycles. The van der Waals surface area contributed by atoms with Gasteiger partial charge in [-0.15, -0.1) is 0 Å². The van der Waals surface area contributed by atoms with Crippen LogP contribution < -0.4 is 0 Å². The number of alkyl halides is 2. The molecule has 0 aliphatic carbocycles. The summed E-state index contributed by atoms with van der Waals surface area (Å²) in [5.74, 6) is -1.83. The molecule has 0 saturated carbocycles. The molecule has 1 amide bonds. The van der Waals surface area contributed by atoms with Crippen LogP contribution in [0.25, 0.3) is 11.0 Å². The van der Waals surface area contributed by atoms with Crippen LogP contribution in [-0.2, 0) is 16.0 Å². The first kappa shape index (κ1) is 19.3. The highest BCUT2D eigenvalue weighted by atomic mass is 19.3. The maximum Gasteiger partial charge on any atom is 0.262 e. The summed E-state index contributed by atoms with van der Waals surface area (Å²) in [4.78, 5) is 23.7. The van der Waals surface area contributed by atoms with Crippen molar-refractivity contribution in [2.75, 3.05) is 32.8 Å². The fourth-order valence-corrected chi connectivity index (χ4v) is 4.13. The number of nitrogens with zero attached hydrogens (tertiary/aromatic N) is 3. The van der Waals surface area contributed by atoms with E-state index in [0.717, 1.165) is 16.9 Å². The average molecular weight is 392 g/mol.